The first-order valence-corrected chi connectivity index (χ1v) is 6.90. The van der Waals surface area contributed by atoms with Crippen LogP contribution in [-0.4, -0.2) is 47.5 Å². The topological polar surface area (TPSA) is 62.4 Å². The average Bonchev–Trinajstić information content (AvgIpc) is 2.45. The number of piperidine rings is 1. The number of aromatic nitrogens is 1. The molecular formula is C13H17ClN2O3. The molecule has 2 heterocycles. The summed E-state index contributed by atoms with van der Waals surface area (Å²) in [5.74, 6) is 0.274. The van der Waals surface area contributed by atoms with Crippen LogP contribution in [0.15, 0.2) is 23.3 Å². The van der Waals surface area contributed by atoms with Gasteiger partial charge in [-0.25, -0.2) is 0 Å². The second kappa shape index (κ2) is 6.73. The van der Waals surface area contributed by atoms with Crippen LogP contribution in [-0.2, 0) is 4.74 Å². The third-order valence-corrected chi connectivity index (χ3v) is 3.37. The zero-order chi connectivity index (χ0) is 13.7. The third kappa shape index (κ3) is 3.58. The second-order valence-electron chi connectivity index (χ2n) is 4.47. The number of rotatable bonds is 4. The number of likely N-dealkylation sites (tertiary alicyclic amines) is 1. The number of amides is 1. The summed E-state index contributed by atoms with van der Waals surface area (Å²) >= 11 is 5.57. The smallest absolute Gasteiger partial charge is 0.259 e. The summed E-state index contributed by atoms with van der Waals surface area (Å²) in [5, 5.41) is 0. The van der Waals surface area contributed by atoms with Crippen LogP contribution in [0, 0.1) is 0 Å². The number of H-pyrrole nitrogens is 1. The molecule has 5 nitrogen and oxygen atoms in total. The first kappa shape index (κ1) is 14.1. The first-order valence-electron chi connectivity index (χ1n) is 6.36. The van der Waals surface area contributed by atoms with E-state index in [2.05, 4.69) is 4.98 Å². The fourth-order valence-corrected chi connectivity index (χ4v) is 2.28. The number of carbonyl (C=O) groups is 1. The molecule has 1 fully saturated rings. The first-order chi connectivity index (χ1) is 9.22. The van der Waals surface area contributed by atoms with Gasteiger partial charge in [0.1, 0.15) is 5.56 Å². The summed E-state index contributed by atoms with van der Waals surface area (Å²) in [7, 11) is 0. The van der Waals surface area contributed by atoms with Crippen LogP contribution in [0.5, 0.6) is 0 Å². The van der Waals surface area contributed by atoms with Crippen molar-refractivity contribution in [3.63, 3.8) is 0 Å². The third-order valence-electron chi connectivity index (χ3n) is 3.21. The summed E-state index contributed by atoms with van der Waals surface area (Å²) < 4.78 is 5.55. The van der Waals surface area contributed by atoms with Crippen LogP contribution < -0.4 is 5.43 Å². The van der Waals surface area contributed by atoms with Crippen molar-refractivity contribution >= 4 is 17.5 Å². The van der Waals surface area contributed by atoms with Gasteiger partial charge in [-0.3, -0.25) is 9.59 Å². The van der Waals surface area contributed by atoms with Crippen LogP contribution in [0.3, 0.4) is 0 Å². The molecule has 1 N–H and O–H groups in total. The van der Waals surface area contributed by atoms with Gasteiger partial charge in [0, 0.05) is 37.4 Å². The van der Waals surface area contributed by atoms with Crippen molar-refractivity contribution in [3.05, 3.63) is 34.2 Å². The molecule has 1 aliphatic rings. The van der Waals surface area contributed by atoms with E-state index in [-0.39, 0.29) is 23.0 Å². The number of carbonyl (C=O) groups excluding carboxylic acids is 1. The lowest BCUT2D eigenvalue weighted by molar-refractivity contribution is 0.0153. The summed E-state index contributed by atoms with van der Waals surface area (Å²) in [6.07, 6.45) is 4.71. The van der Waals surface area contributed by atoms with E-state index >= 15 is 0 Å². The van der Waals surface area contributed by atoms with E-state index in [1.807, 2.05) is 0 Å². The minimum Gasteiger partial charge on any atom is -0.377 e. The molecule has 0 radical (unpaired) electrons. The number of hydrogen-bond donors (Lipinski definition) is 1. The van der Waals surface area contributed by atoms with Crippen LogP contribution in [0.4, 0.5) is 0 Å². The van der Waals surface area contributed by atoms with E-state index in [9.17, 15) is 9.59 Å². The Morgan fingerprint density at radius 3 is 2.84 bits per heavy atom. The van der Waals surface area contributed by atoms with Crippen LogP contribution >= 0.6 is 11.6 Å². The molecule has 6 heteroatoms. The number of hydrogen-bond acceptors (Lipinski definition) is 3. The van der Waals surface area contributed by atoms with Crippen molar-refractivity contribution in [2.45, 2.75) is 18.9 Å². The highest BCUT2D eigenvalue weighted by atomic mass is 35.5. The fraction of sp³-hybridized carbons (Fsp3) is 0.538. The Hall–Kier alpha value is -1.33. The highest BCUT2D eigenvalue weighted by molar-refractivity contribution is 6.17. The van der Waals surface area contributed by atoms with E-state index in [4.69, 9.17) is 16.3 Å². The fourth-order valence-electron chi connectivity index (χ4n) is 2.19. The van der Waals surface area contributed by atoms with Gasteiger partial charge in [0.25, 0.3) is 5.91 Å². The molecule has 0 atom stereocenters. The number of alkyl halides is 1. The lowest BCUT2D eigenvalue weighted by Crippen LogP contribution is -2.42. The Kier molecular flexibility index (Phi) is 4.99. The van der Waals surface area contributed by atoms with Crippen molar-refractivity contribution in [2.24, 2.45) is 0 Å². The maximum Gasteiger partial charge on any atom is 0.259 e. The van der Waals surface area contributed by atoms with Gasteiger partial charge in [0.15, 0.2) is 5.43 Å². The Morgan fingerprint density at radius 2 is 2.21 bits per heavy atom. The minimum absolute atomic E-state index is 0.164. The van der Waals surface area contributed by atoms with Crippen molar-refractivity contribution in [3.8, 4) is 0 Å². The molecule has 19 heavy (non-hydrogen) atoms. The SMILES string of the molecule is O=C(c1c[nH]ccc1=O)N1CCC(OCCCl)CC1. The molecule has 0 spiro atoms. The Bertz CT molecular complexity index is 481. The molecule has 104 valence electrons. The molecule has 1 aromatic rings. The zero-order valence-electron chi connectivity index (χ0n) is 10.6. The molecule has 0 saturated carbocycles. The number of aromatic amines is 1. The van der Waals surface area contributed by atoms with E-state index in [1.165, 1.54) is 18.5 Å². The molecule has 0 unspecified atom stereocenters. The zero-order valence-corrected chi connectivity index (χ0v) is 11.4. The van der Waals surface area contributed by atoms with E-state index in [0.717, 1.165) is 12.8 Å². The van der Waals surface area contributed by atoms with Crippen molar-refractivity contribution in [2.75, 3.05) is 25.6 Å². The molecule has 1 aromatic heterocycles. The molecule has 0 aromatic carbocycles. The lowest BCUT2D eigenvalue weighted by atomic mass is 10.1. The van der Waals surface area contributed by atoms with E-state index < -0.39 is 0 Å². The predicted molar refractivity (Wildman–Crippen MR) is 72.7 cm³/mol. The van der Waals surface area contributed by atoms with Gasteiger partial charge in [-0.05, 0) is 12.8 Å². The monoisotopic (exact) mass is 284 g/mol. The highest BCUT2D eigenvalue weighted by Gasteiger charge is 2.25. The van der Waals surface area contributed by atoms with Crippen LogP contribution in [0.25, 0.3) is 0 Å². The lowest BCUT2D eigenvalue weighted by Gasteiger charge is -2.31. The van der Waals surface area contributed by atoms with E-state index in [1.54, 1.807) is 4.90 Å². The molecule has 1 amide bonds. The Morgan fingerprint density at radius 1 is 1.47 bits per heavy atom. The van der Waals surface area contributed by atoms with Crippen molar-refractivity contribution in [1.82, 2.24) is 9.88 Å². The van der Waals surface area contributed by atoms with Gasteiger partial charge >= 0.3 is 0 Å². The largest absolute Gasteiger partial charge is 0.377 e. The van der Waals surface area contributed by atoms with Crippen molar-refractivity contribution < 1.29 is 9.53 Å². The van der Waals surface area contributed by atoms with Crippen LogP contribution in [0.2, 0.25) is 0 Å². The van der Waals surface area contributed by atoms with Gasteiger partial charge in [-0.2, -0.15) is 0 Å². The maximum atomic E-state index is 12.2. The van der Waals surface area contributed by atoms with Gasteiger partial charge in [0.2, 0.25) is 0 Å². The van der Waals surface area contributed by atoms with Crippen molar-refractivity contribution in [1.29, 1.82) is 0 Å². The van der Waals surface area contributed by atoms with Gasteiger partial charge in [-0.15, -0.1) is 11.6 Å². The van der Waals surface area contributed by atoms with Crippen LogP contribution in [0.1, 0.15) is 23.2 Å². The molecule has 0 aliphatic carbocycles. The summed E-state index contributed by atoms with van der Waals surface area (Å²) in [5.41, 5.74) is -0.0492. The standard InChI is InChI=1S/C13H17ClN2O3/c14-4-8-19-10-2-6-16(7-3-10)13(18)11-9-15-5-1-12(11)17/h1,5,9-10H,2-4,6-8H2,(H,15,17). The number of ether oxygens (including phenoxy) is 1. The highest BCUT2D eigenvalue weighted by Crippen LogP contribution is 2.15. The molecular weight excluding hydrogens is 268 g/mol. The van der Waals surface area contributed by atoms with Gasteiger partial charge < -0.3 is 14.6 Å². The molecule has 1 aliphatic heterocycles. The number of halogens is 1. The minimum atomic E-state index is -0.246. The number of nitrogens with one attached hydrogen (secondary N) is 1. The van der Waals surface area contributed by atoms with Gasteiger partial charge in [-0.1, -0.05) is 0 Å². The summed E-state index contributed by atoms with van der Waals surface area (Å²) in [6.45, 7) is 1.76. The summed E-state index contributed by atoms with van der Waals surface area (Å²) in [4.78, 5) is 28.3. The Balaban J connectivity index is 1.93. The molecule has 0 bridgehead atoms. The maximum absolute atomic E-state index is 12.2. The quantitative estimate of drug-likeness (QED) is 0.846. The average molecular weight is 285 g/mol. The molecule has 1 saturated heterocycles. The number of nitrogens with zero attached hydrogens (tertiary/aromatic N) is 1. The van der Waals surface area contributed by atoms with Gasteiger partial charge in [0.05, 0.1) is 12.7 Å². The Labute approximate surface area is 116 Å². The number of pyridine rings is 1. The normalized spacial score (nSPS) is 16.6. The summed E-state index contributed by atoms with van der Waals surface area (Å²) in [6, 6.07) is 1.36. The predicted octanol–water partition coefficient (Wildman–Crippen LogP) is 1.23. The molecule has 2 rings (SSSR count). The second-order valence-corrected chi connectivity index (χ2v) is 4.85. The van der Waals surface area contributed by atoms with E-state index in [0.29, 0.717) is 25.6 Å².